The molecular formula is C12H17NO3S. The number of carbonyl (C=O) groups excluding carboxylic acids is 1. The fourth-order valence-corrected chi connectivity index (χ4v) is 2.09. The molecular weight excluding hydrogens is 238 g/mol. The molecule has 0 aliphatic rings. The van der Waals surface area contributed by atoms with E-state index in [0.29, 0.717) is 12.4 Å². The van der Waals surface area contributed by atoms with Crippen molar-refractivity contribution in [2.24, 2.45) is 0 Å². The lowest BCUT2D eigenvalue weighted by Crippen LogP contribution is -2.36. The summed E-state index contributed by atoms with van der Waals surface area (Å²) in [6.07, 6.45) is 0. The SMILES string of the molecule is COCC(C)NC(=O)CSc1cccc(O)c1. The van der Waals surface area contributed by atoms with Crippen LogP contribution in [0.5, 0.6) is 5.75 Å². The second-order valence-corrected chi connectivity index (χ2v) is 4.76. The summed E-state index contributed by atoms with van der Waals surface area (Å²) in [5, 5.41) is 12.1. The van der Waals surface area contributed by atoms with Crippen LogP contribution in [-0.2, 0) is 9.53 Å². The van der Waals surface area contributed by atoms with E-state index in [0.717, 1.165) is 4.90 Å². The standard InChI is InChI=1S/C12H17NO3S/c1-9(7-16-2)13-12(15)8-17-11-5-3-4-10(14)6-11/h3-6,9,14H,7-8H2,1-2H3,(H,13,15). The summed E-state index contributed by atoms with van der Waals surface area (Å²) in [5.74, 6) is 0.503. The molecule has 94 valence electrons. The third kappa shape index (κ3) is 5.60. The molecule has 0 bridgehead atoms. The quantitative estimate of drug-likeness (QED) is 0.759. The summed E-state index contributed by atoms with van der Waals surface area (Å²) < 4.78 is 4.93. The highest BCUT2D eigenvalue weighted by atomic mass is 32.2. The van der Waals surface area contributed by atoms with Crippen LogP contribution in [0.15, 0.2) is 29.2 Å². The number of methoxy groups -OCH3 is 1. The first-order valence-electron chi connectivity index (χ1n) is 5.32. The molecule has 0 aliphatic carbocycles. The fraction of sp³-hybridized carbons (Fsp3) is 0.417. The predicted molar refractivity (Wildman–Crippen MR) is 68.3 cm³/mol. The maximum atomic E-state index is 11.5. The first kappa shape index (κ1) is 13.9. The average molecular weight is 255 g/mol. The summed E-state index contributed by atoms with van der Waals surface area (Å²) in [7, 11) is 1.60. The number of benzene rings is 1. The van der Waals surface area contributed by atoms with Crippen LogP contribution >= 0.6 is 11.8 Å². The van der Waals surface area contributed by atoms with E-state index in [1.807, 2.05) is 13.0 Å². The zero-order valence-corrected chi connectivity index (χ0v) is 10.8. The molecule has 0 fully saturated rings. The van der Waals surface area contributed by atoms with E-state index in [1.54, 1.807) is 25.3 Å². The number of rotatable bonds is 6. The van der Waals surface area contributed by atoms with Crippen LogP contribution in [-0.4, -0.2) is 36.5 Å². The zero-order chi connectivity index (χ0) is 12.7. The van der Waals surface area contributed by atoms with Gasteiger partial charge in [-0.3, -0.25) is 4.79 Å². The van der Waals surface area contributed by atoms with Gasteiger partial charge in [0.15, 0.2) is 0 Å². The van der Waals surface area contributed by atoms with E-state index in [4.69, 9.17) is 4.74 Å². The van der Waals surface area contributed by atoms with Crippen molar-refractivity contribution in [2.75, 3.05) is 19.5 Å². The molecule has 1 atom stereocenters. The van der Waals surface area contributed by atoms with Crippen LogP contribution in [0.2, 0.25) is 0 Å². The average Bonchev–Trinajstić information content (AvgIpc) is 2.27. The van der Waals surface area contributed by atoms with Gasteiger partial charge in [0, 0.05) is 18.0 Å². The van der Waals surface area contributed by atoms with Crippen molar-refractivity contribution in [2.45, 2.75) is 17.9 Å². The molecule has 0 aliphatic heterocycles. The maximum Gasteiger partial charge on any atom is 0.230 e. The minimum Gasteiger partial charge on any atom is -0.508 e. The molecule has 1 aromatic carbocycles. The number of carbonyl (C=O) groups is 1. The lowest BCUT2D eigenvalue weighted by atomic mass is 10.3. The van der Waals surface area contributed by atoms with Gasteiger partial charge in [-0.25, -0.2) is 0 Å². The molecule has 5 heteroatoms. The van der Waals surface area contributed by atoms with E-state index in [1.165, 1.54) is 11.8 Å². The van der Waals surface area contributed by atoms with E-state index >= 15 is 0 Å². The number of amides is 1. The Kier molecular flexibility index (Phi) is 5.86. The van der Waals surface area contributed by atoms with Crippen molar-refractivity contribution in [1.29, 1.82) is 0 Å². The number of ether oxygens (including phenoxy) is 1. The molecule has 0 aromatic heterocycles. The number of hydrogen-bond acceptors (Lipinski definition) is 4. The van der Waals surface area contributed by atoms with E-state index in [2.05, 4.69) is 5.32 Å². The highest BCUT2D eigenvalue weighted by Crippen LogP contribution is 2.21. The summed E-state index contributed by atoms with van der Waals surface area (Å²) in [6.45, 7) is 2.39. The fourth-order valence-electron chi connectivity index (χ4n) is 1.33. The van der Waals surface area contributed by atoms with Crippen LogP contribution in [0.3, 0.4) is 0 Å². The number of aromatic hydroxyl groups is 1. The summed E-state index contributed by atoms with van der Waals surface area (Å²) in [5.41, 5.74) is 0. The summed E-state index contributed by atoms with van der Waals surface area (Å²) >= 11 is 1.39. The van der Waals surface area contributed by atoms with Gasteiger partial charge in [-0.15, -0.1) is 11.8 Å². The summed E-state index contributed by atoms with van der Waals surface area (Å²) in [4.78, 5) is 12.4. The Morgan fingerprint density at radius 2 is 2.35 bits per heavy atom. The Labute approximate surface area is 105 Å². The molecule has 2 N–H and O–H groups in total. The minimum atomic E-state index is -0.0390. The number of nitrogens with one attached hydrogen (secondary N) is 1. The molecule has 0 saturated heterocycles. The van der Waals surface area contributed by atoms with Crippen LogP contribution in [0, 0.1) is 0 Å². The normalized spacial score (nSPS) is 12.1. The highest BCUT2D eigenvalue weighted by molar-refractivity contribution is 8.00. The number of hydrogen-bond donors (Lipinski definition) is 2. The van der Waals surface area contributed by atoms with Crippen LogP contribution in [0.25, 0.3) is 0 Å². The highest BCUT2D eigenvalue weighted by Gasteiger charge is 2.07. The van der Waals surface area contributed by atoms with Crippen molar-refractivity contribution < 1.29 is 14.6 Å². The van der Waals surface area contributed by atoms with Gasteiger partial charge in [-0.05, 0) is 25.1 Å². The topological polar surface area (TPSA) is 58.6 Å². The Balaban J connectivity index is 2.33. The molecule has 1 rings (SSSR count). The molecule has 1 amide bonds. The number of phenolic OH excluding ortho intramolecular Hbond substituents is 1. The van der Waals surface area contributed by atoms with E-state index < -0.39 is 0 Å². The van der Waals surface area contributed by atoms with E-state index in [9.17, 15) is 9.90 Å². The predicted octanol–water partition coefficient (Wildman–Crippen LogP) is 1.64. The minimum absolute atomic E-state index is 0.0114. The Hall–Kier alpha value is -1.20. The van der Waals surface area contributed by atoms with Gasteiger partial charge >= 0.3 is 0 Å². The Morgan fingerprint density at radius 1 is 1.59 bits per heavy atom. The van der Waals surface area contributed by atoms with Crippen molar-refractivity contribution >= 4 is 17.7 Å². The van der Waals surface area contributed by atoms with E-state index in [-0.39, 0.29) is 17.7 Å². The third-order valence-electron chi connectivity index (χ3n) is 2.01. The van der Waals surface area contributed by atoms with Gasteiger partial charge in [-0.2, -0.15) is 0 Å². The zero-order valence-electron chi connectivity index (χ0n) is 9.97. The smallest absolute Gasteiger partial charge is 0.230 e. The van der Waals surface area contributed by atoms with Gasteiger partial charge in [0.1, 0.15) is 5.75 Å². The number of thioether (sulfide) groups is 1. The number of phenols is 1. The van der Waals surface area contributed by atoms with Gasteiger partial charge < -0.3 is 15.2 Å². The van der Waals surface area contributed by atoms with Crippen molar-refractivity contribution in [3.05, 3.63) is 24.3 Å². The molecule has 17 heavy (non-hydrogen) atoms. The van der Waals surface area contributed by atoms with Crippen molar-refractivity contribution in [1.82, 2.24) is 5.32 Å². The molecule has 1 unspecified atom stereocenters. The van der Waals surface area contributed by atoms with Gasteiger partial charge in [0.05, 0.1) is 12.4 Å². The van der Waals surface area contributed by atoms with Gasteiger partial charge in [0.25, 0.3) is 0 Å². The Bertz CT molecular complexity index is 371. The second kappa shape index (κ2) is 7.19. The van der Waals surface area contributed by atoms with Crippen molar-refractivity contribution in [3.63, 3.8) is 0 Å². The molecule has 0 radical (unpaired) electrons. The second-order valence-electron chi connectivity index (χ2n) is 3.71. The molecule has 0 heterocycles. The monoisotopic (exact) mass is 255 g/mol. The molecule has 0 saturated carbocycles. The summed E-state index contributed by atoms with van der Waals surface area (Å²) in [6, 6.07) is 6.86. The maximum absolute atomic E-state index is 11.5. The van der Waals surface area contributed by atoms with Crippen LogP contribution in [0.1, 0.15) is 6.92 Å². The molecule has 1 aromatic rings. The van der Waals surface area contributed by atoms with Gasteiger partial charge in [0.2, 0.25) is 5.91 Å². The van der Waals surface area contributed by atoms with Crippen molar-refractivity contribution in [3.8, 4) is 5.75 Å². The van der Waals surface area contributed by atoms with Crippen LogP contribution in [0.4, 0.5) is 0 Å². The first-order valence-corrected chi connectivity index (χ1v) is 6.30. The molecule has 4 nitrogen and oxygen atoms in total. The van der Waals surface area contributed by atoms with Crippen LogP contribution < -0.4 is 5.32 Å². The lowest BCUT2D eigenvalue weighted by molar-refractivity contribution is -0.119. The largest absolute Gasteiger partial charge is 0.508 e. The Morgan fingerprint density at radius 3 is 3.00 bits per heavy atom. The first-order chi connectivity index (χ1) is 8.11. The third-order valence-corrected chi connectivity index (χ3v) is 3.01. The van der Waals surface area contributed by atoms with Gasteiger partial charge in [-0.1, -0.05) is 6.07 Å². The lowest BCUT2D eigenvalue weighted by Gasteiger charge is -2.12. The molecule has 0 spiro atoms.